The van der Waals surface area contributed by atoms with Crippen molar-refractivity contribution >= 4 is 23.3 Å². The van der Waals surface area contributed by atoms with Gasteiger partial charge in [-0.3, -0.25) is 4.79 Å². The van der Waals surface area contributed by atoms with E-state index in [1.165, 1.54) is 0 Å². The van der Waals surface area contributed by atoms with Crippen molar-refractivity contribution in [3.8, 4) is 0 Å². The summed E-state index contributed by atoms with van der Waals surface area (Å²) >= 11 is 0. The summed E-state index contributed by atoms with van der Waals surface area (Å²) in [5, 5.41) is 9.75. The number of nitrogens with zero attached hydrogens (tertiary/aromatic N) is 1. The monoisotopic (exact) mass is 336 g/mol. The molecule has 6 heteroatoms. The van der Waals surface area contributed by atoms with E-state index in [4.69, 9.17) is 0 Å². The van der Waals surface area contributed by atoms with Crippen LogP contribution in [0.4, 0.5) is 10.5 Å². The fourth-order valence-electron chi connectivity index (χ4n) is 2.68. The molecular formula is C19H20N4O2. The molecule has 0 aromatic heterocycles. The Hall–Kier alpha value is -3.15. The highest BCUT2D eigenvalue weighted by Gasteiger charge is 2.21. The molecule has 1 heterocycles. The van der Waals surface area contributed by atoms with E-state index in [9.17, 15) is 9.59 Å². The lowest BCUT2D eigenvalue weighted by Gasteiger charge is -2.19. The van der Waals surface area contributed by atoms with E-state index in [-0.39, 0.29) is 17.9 Å². The van der Waals surface area contributed by atoms with E-state index >= 15 is 0 Å². The number of anilines is 1. The second-order valence-electron chi connectivity index (χ2n) is 6.01. The van der Waals surface area contributed by atoms with Gasteiger partial charge in [-0.2, -0.15) is 5.10 Å². The lowest BCUT2D eigenvalue weighted by molar-refractivity contribution is -0.121. The largest absolute Gasteiger partial charge is 0.334 e. The zero-order valence-electron chi connectivity index (χ0n) is 14.0. The molecule has 2 aromatic carbocycles. The highest BCUT2D eigenvalue weighted by molar-refractivity contribution is 6.06. The summed E-state index contributed by atoms with van der Waals surface area (Å²) < 4.78 is 0. The second kappa shape index (κ2) is 7.61. The number of amides is 3. The Morgan fingerprint density at radius 1 is 1.16 bits per heavy atom. The van der Waals surface area contributed by atoms with E-state index in [2.05, 4.69) is 21.2 Å². The third-order valence-corrected chi connectivity index (χ3v) is 3.99. The van der Waals surface area contributed by atoms with Crippen LogP contribution in [0.5, 0.6) is 0 Å². The van der Waals surface area contributed by atoms with Gasteiger partial charge in [-0.15, -0.1) is 0 Å². The molecule has 6 nitrogen and oxygen atoms in total. The van der Waals surface area contributed by atoms with Crippen molar-refractivity contribution in [1.82, 2.24) is 10.7 Å². The van der Waals surface area contributed by atoms with Crippen LogP contribution in [0, 0.1) is 5.92 Å². The topological polar surface area (TPSA) is 82.6 Å². The van der Waals surface area contributed by atoms with Crippen LogP contribution < -0.4 is 16.1 Å². The summed E-state index contributed by atoms with van der Waals surface area (Å²) in [4.78, 5) is 23.3. The molecule has 3 rings (SSSR count). The Labute approximate surface area is 146 Å². The number of carbonyl (C=O) groups is 2. The van der Waals surface area contributed by atoms with Crippen LogP contribution in [0.25, 0.3) is 0 Å². The first-order chi connectivity index (χ1) is 12.1. The number of rotatable bonds is 4. The quantitative estimate of drug-likeness (QED) is 0.802. The molecule has 3 amide bonds. The maximum Gasteiger partial charge on any atom is 0.319 e. The van der Waals surface area contributed by atoms with Gasteiger partial charge in [0.1, 0.15) is 0 Å². The lowest BCUT2D eigenvalue weighted by atomic mass is 9.94. The summed E-state index contributed by atoms with van der Waals surface area (Å²) in [6, 6.07) is 16.9. The van der Waals surface area contributed by atoms with Gasteiger partial charge in [-0.1, -0.05) is 49.4 Å². The van der Waals surface area contributed by atoms with Crippen molar-refractivity contribution in [2.75, 3.05) is 5.32 Å². The van der Waals surface area contributed by atoms with Crippen molar-refractivity contribution in [2.24, 2.45) is 11.0 Å². The van der Waals surface area contributed by atoms with Gasteiger partial charge in [-0.05, 0) is 23.3 Å². The summed E-state index contributed by atoms with van der Waals surface area (Å²) in [6.07, 6.45) is 0.431. The summed E-state index contributed by atoms with van der Waals surface area (Å²) in [7, 11) is 0. The van der Waals surface area contributed by atoms with Gasteiger partial charge >= 0.3 is 6.03 Å². The number of hydrogen-bond acceptors (Lipinski definition) is 3. The van der Waals surface area contributed by atoms with Crippen LogP contribution in [0.15, 0.2) is 59.7 Å². The first kappa shape index (κ1) is 16.7. The van der Waals surface area contributed by atoms with Gasteiger partial charge in [0.05, 0.1) is 5.71 Å². The van der Waals surface area contributed by atoms with Gasteiger partial charge in [-0.25, -0.2) is 10.2 Å². The smallest absolute Gasteiger partial charge is 0.319 e. The Bertz CT molecular complexity index is 785. The number of hydrazone groups is 1. The van der Waals surface area contributed by atoms with Crippen molar-refractivity contribution in [2.45, 2.75) is 19.9 Å². The molecule has 1 aliphatic heterocycles. The SMILES string of the molecule is CC1CC(=O)NN=C1c1ccc(NC(=O)NCc2ccccc2)cc1. The second-order valence-corrected chi connectivity index (χ2v) is 6.01. The minimum atomic E-state index is -0.257. The molecule has 2 aromatic rings. The normalized spacial score (nSPS) is 16.6. The number of benzene rings is 2. The molecule has 0 saturated carbocycles. The maximum absolute atomic E-state index is 12.0. The van der Waals surface area contributed by atoms with Gasteiger partial charge in [0.25, 0.3) is 0 Å². The van der Waals surface area contributed by atoms with Crippen molar-refractivity contribution < 1.29 is 9.59 Å². The molecule has 0 bridgehead atoms. The number of urea groups is 1. The number of hydrogen-bond donors (Lipinski definition) is 3. The standard InChI is InChI=1S/C19H20N4O2/c1-13-11-17(24)22-23-18(13)15-7-9-16(10-8-15)21-19(25)20-12-14-5-3-2-4-6-14/h2-10,13H,11-12H2,1H3,(H,22,24)(H2,20,21,25). The molecule has 0 saturated heterocycles. The third-order valence-electron chi connectivity index (χ3n) is 3.99. The van der Waals surface area contributed by atoms with E-state index < -0.39 is 0 Å². The Balaban J connectivity index is 1.57. The van der Waals surface area contributed by atoms with Crippen LogP contribution in [0.2, 0.25) is 0 Å². The summed E-state index contributed by atoms with van der Waals surface area (Å²) in [5.41, 5.74) is 6.03. The van der Waals surface area contributed by atoms with Crippen molar-refractivity contribution in [1.29, 1.82) is 0 Å². The third kappa shape index (κ3) is 4.44. The molecular weight excluding hydrogens is 316 g/mol. The molecule has 0 spiro atoms. The molecule has 128 valence electrons. The predicted molar refractivity (Wildman–Crippen MR) is 97.2 cm³/mol. The first-order valence-electron chi connectivity index (χ1n) is 8.17. The summed E-state index contributed by atoms with van der Waals surface area (Å²) in [6.45, 7) is 2.44. The van der Waals surface area contributed by atoms with Gasteiger partial charge in [0, 0.05) is 24.6 Å². The van der Waals surface area contributed by atoms with Gasteiger partial charge in [0.2, 0.25) is 5.91 Å². The molecule has 0 radical (unpaired) electrons. The van der Waals surface area contributed by atoms with Crippen LogP contribution in [0.3, 0.4) is 0 Å². The van der Waals surface area contributed by atoms with E-state index in [0.717, 1.165) is 16.8 Å². The number of nitrogens with one attached hydrogen (secondary N) is 3. The predicted octanol–water partition coefficient (Wildman–Crippen LogP) is 2.87. The van der Waals surface area contributed by atoms with Crippen LogP contribution in [-0.2, 0) is 11.3 Å². The van der Waals surface area contributed by atoms with Crippen LogP contribution in [-0.4, -0.2) is 17.6 Å². The fourth-order valence-corrected chi connectivity index (χ4v) is 2.68. The summed E-state index contributed by atoms with van der Waals surface area (Å²) in [5.74, 6) is 0.00588. The Morgan fingerprint density at radius 2 is 1.88 bits per heavy atom. The van der Waals surface area contributed by atoms with Crippen molar-refractivity contribution in [3.63, 3.8) is 0 Å². The van der Waals surface area contributed by atoms with Crippen molar-refractivity contribution in [3.05, 3.63) is 65.7 Å². The van der Waals surface area contributed by atoms with Gasteiger partial charge < -0.3 is 10.6 Å². The van der Waals surface area contributed by atoms with E-state index in [1.807, 2.05) is 61.5 Å². The average Bonchev–Trinajstić information content (AvgIpc) is 2.62. The molecule has 0 aliphatic carbocycles. The zero-order valence-corrected chi connectivity index (χ0v) is 14.0. The highest BCUT2D eigenvalue weighted by Crippen LogP contribution is 2.18. The number of carbonyl (C=O) groups excluding carboxylic acids is 2. The fraction of sp³-hybridized carbons (Fsp3) is 0.211. The molecule has 25 heavy (non-hydrogen) atoms. The molecule has 1 unspecified atom stereocenters. The van der Waals surface area contributed by atoms with Gasteiger partial charge in [0.15, 0.2) is 0 Å². The lowest BCUT2D eigenvalue weighted by Crippen LogP contribution is -2.32. The van der Waals surface area contributed by atoms with E-state index in [1.54, 1.807) is 0 Å². The molecule has 1 atom stereocenters. The Morgan fingerprint density at radius 3 is 2.56 bits per heavy atom. The molecule has 3 N–H and O–H groups in total. The minimum absolute atomic E-state index is 0.0652. The molecule has 1 aliphatic rings. The van der Waals surface area contributed by atoms with Crippen LogP contribution in [0.1, 0.15) is 24.5 Å². The average molecular weight is 336 g/mol. The minimum Gasteiger partial charge on any atom is -0.334 e. The van der Waals surface area contributed by atoms with E-state index in [0.29, 0.717) is 18.7 Å². The maximum atomic E-state index is 12.0. The molecule has 0 fully saturated rings. The Kier molecular flexibility index (Phi) is 5.09. The first-order valence-corrected chi connectivity index (χ1v) is 8.17. The zero-order chi connectivity index (χ0) is 17.6. The highest BCUT2D eigenvalue weighted by atomic mass is 16.2. The van der Waals surface area contributed by atoms with Crippen LogP contribution >= 0.6 is 0 Å².